The minimum atomic E-state index is -0.579. The van der Waals surface area contributed by atoms with Crippen LogP contribution in [0.15, 0.2) is 36.5 Å². The molecule has 1 aliphatic rings. The van der Waals surface area contributed by atoms with Gasteiger partial charge in [-0.1, -0.05) is 18.7 Å². The minimum absolute atomic E-state index is 0.0265. The number of nitro benzene ring substituents is 1. The van der Waals surface area contributed by atoms with Crippen LogP contribution in [-0.4, -0.2) is 10.8 Å². The van der Waals surface area contributed by atoms with E-state index in [1.165, 1.54) is 18.2 Å². The van der Waals surface area contributed by atoms with Crippen LogP contribution in [-0.2, 0) is 0 Å². The Morgan fingerprint density at radius 2 is 2.00 bits per heavy atom. The molecule has 1 aromatic carbocycles. The molecule has 6 nitrogen and oxygen atoms in total. The number of para-hydroxylation sites is 1. The predicted octanol–water partition coefficient (Wildman–Crippen LogP) is 1.75. The number of carbonyl (C=O) groups is 1. The Balaban J connectivity index is 2.03. The summed E-state index contributed by atoms with van der Waals surface area (Å²) in [4.78, 5) is 22.0. The van der Waals surface area contributed by atoms with Gasteiger partial charge in [0.2, 0.25) is 0 Å². The van der Waals surface area contributed by atoms with Gasteiger partial charge in [-0.05, 0) is 24.8 Å². The summed E-state index contributed by atoms with van der Waals surface area (Å²) in [5, 5.41) is 10.8. The van der Waals surface area contributed by atoms with Gasteiger partial charge in [0.25, 0.3) is 11.6 Å². The number of hydrogen-bond acceptors (Lipinski definition) is 4. The molecule has 1 saturated carbocycles. The van der Waals surface area contributed by atoms with Crippen LogP contribution >= 0.6 is 0 Å². The van der Waals surface area contributed by atoms with E-state index in [4.69, 9.17) is 0 Å². The lowest BCUT2D eigenvalue weighted by Crippen LogP contribution is -2.37. The average molecular weight is 247 g/mol. The Hall–Kier alpha value is -2.37. The molecule has 1 fully saturated rings. The maximum atomic E-state index is 11.8. The normalized spacial score (nSPS) is 13.8. The molecule has 0 aromatic heterocycles. The van der Waals surface area contributed by atoms with Crippen molar-refractivity contribution in [3.05, 3.63) is 52.2 Å². The molecule has 2 rings (SSSR count). The van der Waals surface area contributed by atoms with Gasteiger partial charge in [0.1, 0.15) is 5.56 Å². The number of carbonyl (C=O) groups excluding carboxylic acids is 1. The van der Waals surface area contributed by atoms with Crippen molar-refractivity contribution in [1.29, 1.82) is 0 Å². The van der Waals surface area contributed by atoms with E-state index < -0.39 is 10.8 Å². The van der Waals surface area contributed by atoms with E-state index in [1.807, 2.05) is 0 Å². The molecule has 0 atom stereocenters. The molecule has 2 N–H and O–H groups in total. The molecular weight excluding hydrogens is 234 g/mol. The third kappa shape index (κ3) is 2.65. The second-order valence-corrected chi connectivity index (χ2v) is 4.15. The number of rotatable bonds is 5. The first-order valence-corrected chi connectivity index (χ1v) is 5.58. The number of nitro groups is 1. The Kier molecular flexibility index (Phi) is 3.27. The lowest BCUT2D eigenvalue weighted by Gasteiger charge is -2.10. The summed E-state index contributed by atoms with van der Waals surface area (Å²) in [5.74, 6) is -0.139. The van der Waals surface area contributed by atoms with Crippen LogP contribution in [0.3, 0.4) is 0 Å². The van der Waals surface area contributed by atoms with Gasteiger partial charge in [-0.2, -0.15) is 0 Å². The standard InChI is InChI=1S/C12H13N3O3/c1-8(9-6-7-9)13-14-12(16)10-4-2-3-5-11(10)15(17)18/h2-5,9,13H,1,6-7H2,(H,14,16). The molecule has 0 heterocycles. The lowest BCUT2D eigenvalue weighted by atomic mass is 10.2. The monoisotopic (exact) mass is 247 g/mol. The molecule has 94 valence electrons. The molecule has 0 spiro atoms. The number of nitrogens with one attached hydrogen (secondary N) is 2. The SMILES string of the molecule is C=C(NNC(=O)c1ccccc1[N+](=O)[O-])C1CC1. The Morgan fingerprint density at radius 1 is 1.33 bits per heavy atom. The second-order valence-electron chi connectivity index (χ2n) is 4.15. The third-order valence-corrected chi connectivity index (χ3v) is 2.75. The van der Waals surface area contributed by atoms with Crippen molar-refractivity contribution in [3.8, 4) is 0 Å². The van der Waals surface area contributed by atoms with Crippen LogP contribution in [0.4, 0.5) is 5.69 Å². The Labute approximate surface area is 104 Å². The summed E-state index contributed by atoms with van der Waals surface area (Å²) in [6.45, 7) is 3.78. The van der Waals surface area contributed by atoms with E-state index in [9.17, 15) is 14.9 Å². The zero-order chi connectivity index (χ0) is 13.1. The van der Waals surface area contributed by atoms with E-state index >= 15 is 0 Å². The van der Waals surface area contributed by atoms with Crippen LogP contribution < -0.4 is 10.9 Å². The molecule has 0 bridgehead atoms. The van der Waals surface area contributed by atoms with E-state index in [1.54, 1.807) is 6.07 Å². The maximum Gasteiger partial charge on any atom is 0.282 e. The molecule has 0 radical (unpaired) electrons. The van der Waals surface area contributed by atoms with Gasteiger partial charge in [0.15, 0.2) is 0 Å². The van der Waals surface area contributed by atoms with Crippen LogP contribution in [0.25, 0.3) is 0 Å². The molecule has 18 heavy (non-hydrogen) atoms. The van der Waals surface area contributed by atoms with Crippen LogP contribution in [0.1, 0.15) is 23.2 Å². The summed E-state index contributed by atoms with van der Waals surface area (Å²) in [7, 11) is 0. The molecular formula is C12H13N3O3. The fraction of sp³-hybridized carbons (Fsp3) is 0.250. The summed E-state index contributed by atoms with van der Waals surface area (Å²) in [5.41, 5.74) is 5.67. The van der Waals surface area contributed by atoms with Gasteiger partial charge in [-0.3, -0.25) is 20.3 Å². The number of hydrogen-bond donors (Lipinski definition) is 2. The van der Waals surface area contributed by atoms with Gasteiger partial charge in [0.05, 0.1) is 4.92 Å². The summed E-state index contributed by atoms with van der Waals surface area (Å²) in [6.07, 6.45) is 2.13. The van der Waals surface area contributed by atoms with E-state index in [0.717, 1.165) is 18.5 Å². The second kappa shape index (κ2) is 4.87. The Bertz CT molecular complexity index is 509. The highest BCUT2D eigenvalue weighted by Gasteiger charge is 2.25. The highest BCUT2D eigenvalue weighted by molar-refractivity contribution is 5.97. The van der Waals surface area contributed by atoms with Crippen LogP contribution in [0, 0.1) is 16.0 Å². The zero-order valence-electron chi connectivity index (χ0n) is 9.68. The first kappa shape index (κ1) is 12.1. The minimum Gasteiger partial charge on any atom is -0.303 e. The molecule has 1 aromatic rings. The number of amides is 1. The quantitative estimate of drug-likeness (QED) is 0.613. The van der Waals surface area contributed by atoms with Crippen molar-refractivity contribution < 1.29 is 9.72 Å². The van der Waals surface area contributed by atoms with Crippen molar-refractivity contribution in [1.82, 2.24) is 10.9 Å². The fourth-order valence-electron chi connectivity index (χ4n) is 1.56. The zero-order valence-corrected chi connectivity index (χ0v) is 9.68. The van der Waals surface area contributed by atoms with E-state index in [-0.39, 0.29) is 11.3 Å². The summed E-state index contributed by atoms with van der Waals surface area (Å²) in [6, 6.07) is 5.81. The van der Waals surface area contributed by atoms with E-state index in [2.05, 4.69) is 17.4 Å². The van der Waals surface area contributed by atoms with Crippen molar-refractivity contribution >= 4 is 11.6 Å². The van der Waals surface area contributed by atoms with Gasteiger partial charge >= 0.3 is 0 Å². The average Bonchev–Trinajstić information content (AvgIpc) is 3.19. The van der Waals surface area contributed by atoms with Crippen molar-refractivity contribution in [2.45, 2.75) is 12.8 Å². The Morgan fingerprint density at radius 3 is 2.61 bits per heavy atom. The smallest absolute Gasteiger partial charge is 0.282 e. The first-order valence-electron chi connectivity index (χ1n) is 5.58. The fourth-order valence-corrected chi connectivity index (χ4v) is 1.56. The van der Waals surface area contributed by atoms with Crippen molar-refractivity contribution in [3.63, 3.8) is 0 Å². The topological polar surface area (TPSA) is 84.3 Å². The van der Waals surface area contributed by atoms with Crippen molar-refractivity contribution in [2.75, 3.05) is 0 Å². The number of nitrogens with zero attached hydrogens (tertiary/aromatic N) is 1. The summed E-state index contributed by atoms with van der Waals surface area (Å²) < 4.78 is 0. The molecule has 0 aliphatic heterocycles. The van der Waals surface area contributed by atoms with Gasteiger partial charge in [0, 0.05) is 11.8 Å². The largest absolute Gasteiger partial charge is 0.303 e. The maximum absolute atomic E-state index is 11.8. The molecule has 0 saturated heterocycles. The number of hydrazine groups is 1. The van der Waals surface area contributed by atoms with Gasteiger partial charge in [-0.25, -0.2) is 0 Å². The van der Waals surface area contributed by atoms with Crippen LogP contribution in [0.2, 0.25) is 0 Å². The molecule has 1 amide bonds. The number of allylic oxidation sites excluding steroid dienone is 1. The summed E-state index contributed by atoms with van der Waals surface area (Å²) >= 11 is 0. The molecule has 6 heteroatoms. The van der Waals surface area contributed by atoms with Crippen molar-refractivity contribution in [2.24, 2.45) is 5.92 Å². The predicted molar refractivity (Wildman–Crippen MR) is 65.6 cm³/mol. The van der Waals surface area contributed by atoms with Gasteiger partial charge in [-0.15, -0.1) is 0 Å². The van der Waals surface area contributed by atoms with E-state index in [0.29, 0.717) is 5.92 Å². The third-order valence-electron chi connectivity index (χ3n) is 2.75. The molecule has 0 unspecified atom stereocenters. The number of benzene rings is 1. The highest BCUT2D eigenvalue weighted by atomic mass is 16.6. The molecule has 1 aliphatic carbocycles. The highest BCUT2D eigenvalue weighted by Crippen LogP contribution is 2.33. The van der Waals surface area contributed by atoms with Crippen LogP contribution in [0.5, 0.6) is 0 Å². The first-order chi connectivity index (χ1) is 8.59. The van der Waals surface area contributed by atoms with Gasteiger partial charge < -0.3 is 5.43 Å². The lowest BCUT2D eigenvalue weighted by molar-refractivity contribution is -0.385.